The molecule has 0 spiro atoms. The van der Waals surface area contributed by atoms with E-state index >= 15 is 0 Å². The SMILES string of the molecule is CC1(C)CNCCN1CC1CC1.Cl.Cl. The zero-order valence-electron chi connectivity index (χ0n) is 9.08. The Bertz CT molecular complexity index is 170. The molecule has 4 heteroatoms. The molecule has 1 aliphatic carbocycles. The maximum Gasteiger partial charge on any atom is 0.0278 e. The lowest BCUT2D eigenvalue weighted by Crippen LogP contribution is -2.58. The van der Waals surface area contributed by atoms with Gasteiger partial charge in [-0.15, -0.1) is 24.8 Å². The minimum absolute atomic E-state index is 0. The molecule has 0 radical (unpaired) electrons. The van der Waals surface area contributed by atoms with Crippen molar-refractivity contribution in [2.24, 2.45) is 5.92 Å². The summed E-state index contributed by atoms with van der Waals surface area (Å²) in [7, 11) is 0. The fraction of sp³-hybridized carbons (Fsp3) is 1.00. The smallest absolute Gasteiger partial charge is 0.0278 e. The molecule has 0 aromatic rings. The minimum atomic E-state index is 0. The van der Waals surface area contributed by atoms with E-state index in [1.165, 1.54) is 32.5 Å². The molecule has 0 aromatic carbocycles. The number of hydrogen-bond acceptors (Lipinski definition) is 2. The number of rotatable bonds is 2. The van der Waals surface area contributed by atoms with E-state index in [2.05, 4.69) is 24.1 Å². The van der Waals surface area contributed by atoms with Crippen LogP contribution in [0.4, 0.5) is 0 Å². The van der Waals surface area contributed by atoms with E-state index < -0.39 is 0 Å². The van der Waals surface area contributed by atoms with Crippen molar-refractivity contribution in [3.63, 3.8) is 0 Å². The maximum absolute atomic E-state index is 3.46. The number of piperazine rings is 1. The van der Waals surface area contributed by atoms with Crippen LogP contribution in [0.1, 0.15) is 26.7 Å². The number of nitrogens with one attached hydrogen (secondary N) is 1. The number of halogens is 2. The van der Waals surface area contributed by atoms with E-state index in [0.29, 0.717) is 5.54 Å². The molecule has 1 saturated heterocycles. The Morgan fingerprint density at radius 3 is 2.43 bits per heavy atom. The fourth-order valence-corrected chi connectivity index (χ4v) is 1.97. The molecule has 1 heterocycles. The summed E-state index contributed by atoms with van der Waals surface area (Å²) < 4.78 is 0. The third-order valence-corrected chi connectivity index (χ3v) is 3.15. The van der Waals surface area contributed by atoms with Gasteiger partial charge in [0.15, 0.2) is 0 Å². The maximum atomic E-state index is 3.46. The largest absolute Gasteiger partial charge is 0.314 e. The lowest BCUT2D eigenvalue weighted by molar-refractivity contribution is 0.0855. The van der Waals surface area contributed by atoms with E-state index in [0.717, 1.165) is 12.5 Å². The Balaban J connectivity index is 0.000000845. The molecule has 0 unspecified atom stereocenters. The predicted molar refractivity (Wildman–Crippen MR) is 65.7 cm³/mol. The summed E-state index contributed by atoms with van der Waals surface area (Å²) in [5.41, 5.74) is 0.390. The number of hydrogen-bond donors (Lipinski definition) is 1. The average Bonchev–Trinajstić information content (AvgIpc) is 2.77. The van der Waals surface area contributed by atoms with Gasteiger partial charge in [-0.2, -0.15) is 0 Å². The van der Waals surface area contributed by atoms with Crippen molar-refractivity contribution in [1.82, 2.24) is 10.2 Å². The normalized spacial score (nSPS) is 26.1. The summed E-state index contributed by atoms with van der Waals surface area (Å²) in [6, 6.07) is 0. The molecule has 14 heavy (non-hydrogen) atoms. The highest BCUT2D eigenvalue weighted by atomic mass is 35.5. The molecular weight excluding hydrogens is 219 g/mol. The van der Waals surface area contributed by atoms with Crippen molar-refractivity contribution in [3.8, 4) is 0 Å². The molecule has 86 valence electrons. The van der Waals surface area contributed by atoms with Crippen LogP contribution in [-0.4, -0.2) is 36.6 Å². The molecule has 1 aliphatic heterocycles. The molecule has 0 amide bonds. The molecule has 0 aromatic heterocycles. The molecule has 0 atom stereocenters. The second kappa shape index (κ2) is 5.55. The van der Waals surface area contributed by atoms with Gasteiger partial charge in [-0.05, 0) is 32.6 Å². The highest BCUT2D eigenvalue weighted by Gasteiger charge is 2.33. The molecular formula is C10H22Cl2N2. The van der Waals surface area contributed by atoms with E-state index in [9.17, 15) is 0 Å². The van der Waals surface area contributed by atoms with Crippen LogP contribution in [0, 0.1) is 5.92 Å². The van der Waals surface area contributed by atoms with Gasteiger partial charge in [0.25, 0.3) is 0 Å². The summed E-state index contributed by atoms with van der Waals surface area (Å²) in [4.78, 5) is 2.65. The van der Waals surface area contributed by atoms with Gasteiger partial charge in [0.2, 0.25) is 0 Å². The third kappa shape index (κ3) is 3.58. The van der Waals surface area contributed by atoms with Gasteiger partial charge in [-0.25, -0.2) is 0 Å². The average molecular weight is 241 g/mol. The molecule has 0 bridgehead atoms. The lowest BCUT2D eigenvalue weighted by atomic mass is 10.00. The molecule has 2 rings (SSSR count). The van der Waals surface area contributed by atoms with Crippen molar-refractivity contribution in [2.45, 2.75) is 32.2 Å². The van der Waals surface area contributed by atoms with Crippen LogP contribution in [-0.2, 0) is 0 Å². The van der Waals surface area contributed by atoms with Gasteiger partial charge in [-0.1, -0.05) is 0 Å². The van der Waals surface area contributed by atoms with Gasteiger partial charge in [-0.3, -0.25) is 4.90 Å². The molecule has 1 N–H and O–H groups in total. The van der Waals surface area contributed by atoms with Crippen LogP contribution < -0.4 is 5.32 Å². The highest BCUT2D eigenvalue weighted by Crippen LogP contribution is 2.32. The lowest BCUT2D eigenvalue weighted by Gasteiger charge is -2.43. The van der Waals surface area contributed by atoms with Gasteiger partial charge < -0.3 is 5.32 Å². The first-order chi connectivity index (χ1) is 5.68. The summed E-state index contributed by atoms with van der Waals surface area (Å²) in [5, 5.41) is 3.46. The predicted octanol–water partition coefficient (Wildman–Crippen LogP) is 1.92. The van der Waals surface area contributed by atoms with E-state index in [4.69, 9.17) is 0 Å². The van der Waals surface area contributed by atoms with Crippen LogP contribution in [0.15, 0.2) is 0 Å². The fourth-order valence-electron chi connectivity index (χ4n) is 1.97. The van der Waals surface area contributed by atoms with Crippen LogP contribution in [0.25, 0.3) is 0 Å². The van der Waals surface area contributed by atoms with Crippen molar-refractivity contribution < 1.29 is 0 Å². The molecule has 2 fully saturated rings. The summed E-state index contributed by atoms with van der Waals surface area (Å²) in [5.74, 6) is 1.03. The quantitative estimate of drug-likeness (QED) is 0.794. The van der Waals surface area contributed by atoms with Gasteiger partial charge in [0.1, 0.15) is 0 Å². The first-order valence-electron chi connectivity index (χ1n) is 5.14. The third-order valence-electron chi connectivity index (χ3n) is 3.15. The monoisotopic (exact) mass is 240 g/mol. The topological polar surface area (TPSA) is 15.3 Å². The molecule has 1 saturated carbocycles. The van der Waals surface area contributed by atoms with Crippen LogP contribution in [0.3, 0.4) is 0 Å². The summed E-state index contributed by atoms with van der Waals surface area (Å²) in [6.07, 6.45) is 2.94. The summed E-state index contributed by atoms with van der Waals surface area (Å²) in [6.45, 7) is 9.61. The minimum Gasteiger partial charge on any atom is -0.314 e. The van der Waals surface area contributed by atoms with Crippen LogP contribution >= 0.6 is 24.8 Å². The molecule has 2 aliphatic rings. The van der Waals surface area contributed by atoms with E-state index in [-0.39, 0.29) is 24.8 Å². The number of nitrogens with zero attached hydrogens (tertiary/aromatic N) is 1. The zero-order valence-corrected chi connectivity index (χ0v) is 10.7. The first kappa shape index (κ1) is 14.5. The highest BCUT2D eigenvalue weighted by molar-refractivity contribution is 5.85. The molecule has 2 nitrogen and oxygen atoms in total. The van der Waals surface area contributed by atoms with E-state index in [1.54, 1.807) is 0 Å². The van der Waals surface area contributed by atoms with Crippen molar-refractivity contribution >= 4 is 24.8 Å². The van der Waals surface area contributed by atoms with Crippen LogP contribution in [0.5, 0.6) is 0 Å². The standard InChI is InChI=1S/C10H20N2.2ClH/c1-10(2)8-11-5-6-12(10)7-9-3-4-9;;/h9,11H,3-8H2,1-2H3;2*1H. The Hall–Kier alpha value is 0.500. The Kier molecular flexibility index (Phi) is 5.75. The second-order valence-corrected chi connectivity index (χ2v) is 4.88. The van der Waals surface area contributed by atoms with Crippen molar-refractivity contribution in [1.29, 1.82) is 0 Å². The first-order valence-corrected chi connectivity index (χ1v) is 5.14. The van der Waals surface area contributed by atoms with Crippen molar-refractivity contribution in [2.75, 3.05) is 26.2 Å². The van der Waals surface area contributed by atoms with Crippen molar-refractivity contribution in [3.05, 3.63) is 0 Å². The van der Waals surface area contributed by atoms with Gasteiger partial charge in [0.05, 0.1) is 0 Å². The van der Waals surface area contributed by atoms with E-state index in [1.807, 2.05) is 0 Å². The van der Waals surface area contributed by atoms with Crippen LogP contribution in [0.2, 0.25) is 0 Å². The Morgan fingerprint density at radius 2 is 1.93 bits per heavy atom. The Morgan fingerprint density at radius 1 is 1.29 bits per heavy atom. The van der Waals surface area contributed by atoms with Gasteiger partial charge in [0, 0.05) is 31.7 Å². The Labute approximate surface area is 99.6 Å². The van der Waals surface area contributed by atoms with Gasteiger partial charge >= 0.3 is 0 Å². The zero-order chi connectivity index (χ0) is 8.60. The second-order valence-electron chi connectivity index (χ2n) is 4.88. The summed E-state index contributed by atoms with van der Waals surface area (Å²) >= 11 is 0.